The Kier molecular flexibility index (Phi) is 11.9. The van der Waals surface area contributed by atoms with E-state index in [0.29, 0.717) is 0 Å². The van der Waals surface area contributed by atoms with Gasteiger partial charge >= 0.3 is 24.3 Å². The first-order valence-electron chi connectivity index (χ1n) is 11.4. The number of hydrogen-bond donors (Lipinski definition) is 3. The van der Waals surface area contributed by atoms with E-state index in [1.165, 1.54) is 23.5 Å². The summed E-state index contributed by atoms with van der Waals surface area (Å²) in [5, 5.41) is 16.4. The second-order valence-corrected chi connectivity index (χ2v) is 9.25. The number of carbonyl (C=O) groups is 2. The highest BCUT2D eigenvalue weighted by molar-refractivity contribution is 7.09. The molecule has 1 aliphatic heterocycles. The molecule has 0 atom stereocenters. The van der Waals surface area contributed by atoms with Gasteiger partial charge in [-0.1, -0.05) is 36.4 Å². The normalized spacial score (nSPS) is 14.8. The molecular weight excluding hydrogens is 554 g/mol. The third-order valence-corrected chi connectivity index (χ3v) is 6.06. The minimum atomic E-state index is -5.08. The fraction of sp³-hybridized carbons (Fsp3) is 0.375. The lowest BCUT2D eigenvalue weighted by Crippen LogP contribution is -2.30. The van der Waals surface area contributed by atoms with Crippen molar-refractivity contribution in [2.24, 2.45) is 0 Å². The van der Waals surface area contributed by atoms with Crippen LogP contribution in [0.5, 0.6) is 0 Å². The molecule has 2 aromatic heterocycles. The molecule has 1 aliphatic rings. The van der Waals surface area contributed by atoms with Gasteiger partial charge in [0.25, 0.3) is 0 Å². The van der Waals surface area contributed by atoms with Gasteiger partial charge in [-0.25, -0.2) is 14.6 Å². The molecule has 3 N–H and O–H groups in total. The third kappa shape index (κ3) is 11.9. The number of alkyl halides is 6. The van der Waals surface area contributed by atoms with Crippen LogP contribution in [-0.2, 0) is 22.7 Å². The molecule has 0 unspecified atom stereocenters. The first kappa shape index (κ1) is 31.8. The van der Waals surface area contributed by atoms with Crippen molar-refractivity contribution < 1.29 is 46.1 Å². The molecule has 0 amide bonds. The highest BCUT2D eigenvalue weighted by Crippen LogP contribution is 2.18. The fourth-order valence-electron chi connectivity index (χ4n) is 3.39. The lowest BCUT2D eigenvalue weighted by molar-refractivity contribution is -0.193. The predicted octanol–water partition coefficient (Wildman–Crippen LogP) is 5.11. The molecule has 3 heterocycles. The van der Waals surface area contributed by atoms with Crippen LogP contribution >= 0.6 is 11.3 Å². The molecule has 15 heteroatoms. The maximum atomic E-state index is 10.6. The summed E-state index contributed by atoms with van der Waals surface area (Å²) >= 11 is 1.86. The molecule has 0 aliphatic carbocycles. The first-order valence-corrected chi connectivity index (χ1v) is 12.3. The SMILES string of the molecule is O=C(O)C(F)(F)F.O=C(O)C(F)(F)F.c1ccc(-c2ncc(CN3CCCN(Cc4cccs4)CC3)[nH]2)cc1. The third-order valence-electron chi connectivity index (χ3n) is 5.20. The standard InChI is InChI=1S/C20H24N4S.2C2HF3O2/c1-2-6-17(7-3-1)20-21-14-18(22-20)15-23-9-5-10-24(12-11-23)16-19-8-4-13-25-19;2*3-2(4,5)1(6)7/h1-4,6-8,13-14H,5,9-12,15-16H2,(H,21,22);2*(H,6,7). The van der Waals surface area contributed by atoms with Crippen LogP contribution in [0, 0.1) is 0 Å². The number of carboxylic acids is 2. The molecule has 39 heavy (non-hydrogen) atoms. The number of carboxylic acid groups (broad SMARTS) is 2. The van der Waals surface area contributed by atoms with Crippen molar-refractivity contribution in [1.82, 2.24) is 19.8 Å². The molecule has 0 bridgehead atoms. The predicted molar refractivity (Wildman–Crippen MR) is 131 cm³/mol. The number of aromatic nitrogens is 2. The summed E-state index contributed by atoms with van der Waals surface area (Å²) in [6.07, 6.45) is -6.96. The van der Waals surface area contributed by atoms with E-state index in [1.54, 1.807) is 0 Å². The van der Waals surface area contributed by atoms with Crippen LogP contribution in [-0.4, -0.2) is 80.5 Å². The molecule has 8 nitrogen and oxygen atoms in total. The van der Waals surface area contributed by atoms with Gasteiger partial charge in [0.2, 0.25) is 0 Å². The molecule has 0 saturated carbocycles. The van der Waals surface area contributed by atoms with E-state index < -0.39 is 24.3 Å². The number of rotatable bonds is 5. The molecule has 1 saturated heterocycles. The fourth-order valence-corrected chi connectivity index (χ4v) is 4.13. The smallest absolute Gasteiger partial charge is 0.475 e. The lowest BCUT2D eigenvalue weighted by atomic mass is 10.2. The Morgan fingerprint density at radius 3 is 1.87 bits per heavy atom. The molecule has 1 fully saturated rings. The molecule has 3 aromatic rings. The summed E-state index contributed by atoms with van der Waals surface area (Å²) in [7, 11) is 0. The average molecular weight is 581 g/mol. The number of thiophene rings is 1. The Hall–Kier alpha value is -3.43. The van der Waals surface area contributed by atoms with Gasteiger partial charge in [0.15, 0.2) is 0 Å². The topological polar surface area (TPSA) is 110 Å². The number of aliphatic carboxylic acids is 2. The molecule has 1 aromatic carbocycles. The zero-order chi connectivity index (χ0) is 29.1. The van der Waals surface area contributed by atoms with Crippen LogP contribution in [0.4, 0.5) is 26.3 Å². The largest absolute Gasteiger partial charge is 0.490 e. The number of nitrogens with one attached hydrogen (secondary N) is 1. The highest BCUT2D eigenvalue weighted by Gasteiger charge is 2.38. The number of hydrogen-bond acceptors (Lipinski definition) is 6. The summed E-state index contributed by atoms with van der Waals surface area (Å²) in [4.78, 5) is 32.4. The summed E-state index contributed by atoms with van der Waals surface area (Å²) < 4.78 is 63.5. The van der Waals surface area contributed by atoms with E-state index in [4.69, 9.17) is 19.8 Å². The van der Waals surface area contributed by atoms with Gasteiger partial charge in [-0.15, -0.1) is 11.3 Å². The van der Waals surface area contributed by atoms with Gasteiger partial charge in [0.05, 0.1) is 0 Å². The quantitative estimate of drug-likeness (QED) is 0.360. The van der Waals surface area contributed by atoms with Crippen molar-refractivity contribution in [2.45, 2.75) is 31.9 Å². The van der Waals surface area contributed by atoms with Gasteiger partial charge in [-0.2, -0.15) is 26.3 Å². The minimum Gasteiger partial charge on any atom is -0.475 e. The van der Waals surface area contributed by atoms with E-state index in [1.807, 2.05) is 23.6 Å². The molecule has 0 spiro atoms. The zero-order valence-corrected chi connectivity index (χ0v) is 21.2. The molecule has 214 valence electrons. The van der Waals surface area contributed by atoms with Crippen molar-refractivity contribution in [2.75, 3.05) is 26.2 Å². The van der Waals surface area contributed by atoms with Crippen LogP contribution in [0.1, 0.15) is 17.0 Å². The summed E-state index contributed by atoms with van der Waals surface area (Å²) in [6.45, 7) is 6.64. The van der Waals surface area contributed by atoms with Crippen LogP contribution < -0.4 is 0 Å². The number of H-pyrrole nitrogens is 1. The number of imidazole rings is 1. The van der Waals surface area contributed by atoms with Crippen molar-refractivity contribution >= 4 is 23.3 Å². The van der Waals surface area contributed by atoms with Crippen molar-refractivity contribution in [1.29, 1.82) is 0 Å². The first-order chi connectivity index (χ1) is 18.3. The molecule has 4 rings (SSSR count). The maximum absolute atomic E-state index is 10.6. The molecule has 0 radical (unpaired) electrons. The van der Waals surface area contributed by atoms with Crippen LogP contribution in [0.2, 0.25) is 0 Å². The van der Waals surface area contributed by atoms with Crippen LogP contribution in [0.25, 0.3) is 11.4 Å². The Balaban J connectivity index is 0.000000317. The van der Waals surface area contributed by atoms with Gasteiger partial charge in [-0.3, -0.25) is 9.80 Å². The summed E-state index contributed by atoms with van der Waals surface area (Å²) in [6, 6.07) is 14.7. The number of halogens is 6. The molecular formula is C24H26F6N4O4S. The van der Waals surface area contributed by atoms with Gasteiger partial charge in [0.1, 0.15) is 5.82 Å². The van der Waals surface area contributed by atoms with Crippen molar-refractivity contribution in [3.63, 3.8) is 0 Å². The lowest BCUT2D eigenvalue weighted by Gasteiger charge is -2.20. The second kappa shape index (κ2) is 14.6. The number of aromatic amines is 1. The Morgan fingerprint density at radius 1 is 0.846 bits per heavy atom. The van der Waals surface area contributed by atoms with Gasteiger partial charge in [-0.05, 0) is 31.0 Å². The number of benzene rings is 1. The Morgan fingerprint density at radius 2 is 1.38 bits per heavy atom. The maximum Gasteiger partial charge on any atom is 0.490 e. The zero-order valence-electron chi connectivity index (χ0n) is 20.4. The Labute approximate surface area is 223 Å². The van der Waals surface area contributed by atoms with Gasteiger partial charge < -0.3 is 15.2 Å². The average Bonchev–Trinajstić information content (AvgIpc) is 3.49. The van der Waals surface area contributed by atoms with E-state index in [-0.39, 0.29) is 0 Å². The Bertz CT molecular complexity index is 1130. The monoisotopic (exact) mass is 580 g/mol. The summed E-state index contributed by atoms with van der Waals surface area (Å²) in [5.41, 5.74) is 2.34. The van der Waals surface area contributed by atoms with Crippen molar-refractivity contribution in [3.05, 3.63) is 64.6 Å². The van der Waals surface area contributed by atoms with E-state index in [9.17, 15) is 26.3 Å². The van der Waals surface area contributed by atoms with E-state index >= 15 is 0 Å². The minimum absolute atomic E-state index is 0.951. The van der Waals surface area contributed by atoms with E-state index in [2.05, 4.69) is 61.5 Å². The van der Waals surface area contributed by atoms with Crippen LogP contribution in [0.15, 0.2) is 54.0 Å². The van der Waals surface area contributed by atoms with Crippen molar-refractivity contribution in [3.8, 4) is 11.4 Å². The second-order valence-electron chi connectivity index (χ2n) is 8.21. The summed E-state index contributed by atoms with van der Waals surface area (Å²) in [5.74, 6) is -4.55. The number of nitrogens with zero attached hydrogens (tertiary/aromatic N) is 3. The van der Waals surface area contributed by atoms with Gasteiger partial charge in [0, 0.05) is 48.5 Å². The highest BCUT2D eigenvalue weighted by atomic mass is 32.1. The van der Waals surface area contributed by atoms with Crippen LogP contribution in [0.3, 0.4) is 0 Å². The van der Waals surface area contributed by atoms with E-state index in [0.717, 1.165) is 44.1 Å².